The van der Waals surface area contributed by atoms with Crippen LogP contribution in [-0.2, 0) is 20.7 Å². The molecule has 0 bridgehead atoms. The number of carbonyl (C=O) groups is 2. The van der Waals surface area contributed by atoms with Gasteiger partial charge in [-0.25, -0.2) is 0 Å². The fourth-order valence-corrected chi connectivity index (χ4v) is 3.01. The van der Waals surface area contributed by atoms with Crippen LogP contribution in [0.15, 0.2) is 12.1 Å². The Morgan fingerprint density at radius 3 is 2.42 bits per heavy atom. The number of benzene rings is 1. The standard InChI is InChI=1S/C17H24N2O5/c1-10(18)17(21)19-6-5-11-7-14(22-2)15(23-3)8-12(11)13(19)9-16(20)24-4/h7-8,10,13H,5-6,9,18H2,1-4H3/t10-,13?/m1/s1. The second kappa shape index (κ2) is 7.53. The van der Waals surface area contributed by atoms with E-state index in [1.165, 1.54) is 7.11 Å². The van der Waals surface area contributed by atoms with Crippen LogP contribution in [0.2, 0.25) is 0 Å². The number of carbonyl (C=O) groups excluding carboxylic acids is 2. The van der Waals surface area contributed by atoms with Gasteiger partial charge in [-0.1, -0.05) is 0 Å². The summed E-state index contributed by atoms with van der Waals surface area (Å²) in [6, 6.07) is 2.65. The Bertz CT molecular complexity index is 630. The summed E-state index contributed by atoms with van der Waals surface area (Å²) in [6.07, 6.45) is 0.725. The Labute approximate surface area is 141 Å². The molecular weight excluding hydrogens is 312 g/mol. The first-order valence-electron chi connectivity index (χ1n) is 7.80. The zero-order valence-electron chi connectivity index (χ0n) is 14.5. The zero-order valence-corrected chi connectivity index (χ0v) is 14.5. The molecule has 2 atom stereocenters. The van der Waals surface area contributed by atoms with Gasteiger partial charge in [0.05, 0.1) is 39.8 Å². The van der Waals surface area contributed by atoms with Crippen molar-refractivity contribution in [1.29, 1.82) is 0 Å². The lowest BCUT2D eigenvalue weighted by atomic mass is 9.89. The number of nitrogens with two attached hydrogens (primary N) is 1. The molecule has 1 aromatic rings. The Morgan fingerprint density at radius 2 is 1.88 bits per heavy atom. The van der Waals surface area contributed by atoms with E-state index in [9.17, 15) is 9.59 Å². The first-order valence-corrected chi connectivity index (χ1v) is 7.80. The van der Waals surface area contributed by atoms with Crippen LogP contribution in [-0.4, -0.2) is 50.7 Å². The molecule has 2 rings (SSSR count). The Morgan fingerprint density at radius 1 is 1.25 bits per heavy atom. The molecule has 0 saturated carbocycles. The number of esters is 1. The molecule has 2 N–H and O–H groups in total. The lowest BCUT2D eigenvalue weighted by Gasteiger charge is -2.38. The van der Waals surface area contributed by atoms with Crippen LogP contribution >= 0.6 is 0 Å². The summed E-state index contributed by atoms with van der Waals surface area (Å²) >= 11 is 0. The minimum absolute atomic E-state index is 0.0669. The van der Waals surface area contributed by atoms with Crippen molar-refractivity contribution in [3.63, 3.8) is 0 Å². The number of nitrogens with zero attached hydrogens (tertiary/aromatic N) is 1. The van der Waals surface area contributed by atoms with Crippen LogP contribution in [0.4, 0.5) is 0 Å². The average Bonchev–Trinajstić information content (AvgIpc) is 2.59. The smallest absolute Gasteiger partial charge is 0.307 e. The predicted molar refractivity (Wildman–Crippen MR) is 88.0 cm³/mol. The number of amides is 1. The van der Waals surface area contributed by atoms with Gasteiger partial charge in [-0.2, -0.15) is 0 Å². The number of methoxy groups -OCH3 is 3. The molecule has 7 nitrogen and oxygen atoms in total. The minimum atomic E-state index is -0.633. The number of hydrogen-bond donors (Lipinski definition) is 1. The molecule has 1 unspecified atom stereocenters. The third-order valence-corrected chi connectivity index (χ3v) is 4.26. The molecule has 1 amide bonds. The molecule has 1 aliphatic rings. The van der Waals surface area contributed by atoms with E-state index in [2.05, 4.69) is 0 Å². The van der Waals surface area contributed by atoms with Crippen molar-refractivity contribution in [2.45, 2.75) is 31.8 Å². The van der Waals surface area contributed by atoms with E-state index in [1.807, 2.05) is 12.1 Å². The van der Waals surface area contributed by atoms with E-state index < -0.39 is 12.1 Å². The van der Waals surface area contributed by atoms with Crippen LogP contribution in [0, 0.1) is 0 Å². The molecule has 0 aliphatic carbocycles. The molecule has 0 fully saturated rings. The Kier molecular flexibility index (Phi) is 5.66. The van der Waals surface area contributed by atoms with Crippen molar-refractivity contribution in [3.8, 4) is 11.5 Å². The molecule has 1 aromatic carbocycles. The highest BCUT2D eigenvalue weighted by atomic mass is 16.5. The SMILES string of the molecule is COC(=O)CC1c2cc(OC)c(OC)cc2CCN1C(=O)[C@@H](C)N. The van der Waals surface area contributed by atoms with E-state index in [0.29, 0.717) is 24.5 Å². The number of rotatable bonds is 5. The molecule has 0 radical (unpaired) electrons. The maximum Gasteiger partial charge on any atom is 0.307 e. The largest absolute Gasteiger partial charge is 0.493 e. The molecule has 7 heteroatoms. The highest BCUT2D eigenvalue weighted by Gasteiger charge is 2.34. The molecule has 0 saturated heterocycles. The van der Waals surface area contributed by atoms with Crippen molar-refractivity contribution in [2.24, 2.45) is 5.73 Å². The average molecular weight is 336 g/mol. The molecular formula is C17H24N2O5. The summed E-state index contributed by atoms with van der Waals surface area (Å²) in [6.45, 7) is 2.13. The lowest BCUT2D eigenvalue weighted by molar-refractivity contribution is -0.144. The molecule has 24 heavy (non-hydrogen) atoms. The quantitative estimate of drug-likeness (QED) is 0.808. The Hall–Kier alpha value is -2.28. The highest BCUT2D eigenvalue weighted by Crippen LogP contribution is 2.39. The summed E-state index contributed by atoms with van der Waals surface area (Å²) in [5.74, 6) is 0.607. The second-order valence-electron chi connectivity index (χ2n) is 5.77. The normalized spacial score (nSPS) is 17.7. The van der Waals surface area contributed by atoms with Gasteiger partial charge in [0.2, 0.25) is 5.91 Å². The Balaban J connectivity index is 2.49. The van der Waals surface area contributed by atoms with Crippen LogP contribution in [0.25, 0.3) is 0 Å². The summed E-state index contributed by atoms with van der Waals surface area (Å²) in [4.78, 5) is 26.0. The summed E-state index contributed by atoms with van der Waals surface area (Å²) in [7, 11) is 4.45. The second-order valence-corrected chi connectivity index (χ2v) is 5.77. The van der Waals surface area contributed by atoms with Crippen LogP contribution in [0.5, 0.6) is 11.5 Å². The molecule has 0 aromatic heterocycles. The maximum absolute atomic E-state index is 12.5. The predicted octanol–water partition coefficient (Wildman–Crippen LogP) is 1.04. The fourth-order valence-electron chi connectivity index (χ4n) is 3.01. The fraction of sp³-hybridized carbons (Fsp3) is 0.529. The van der Waals surface area contributed by atoms with Crippen molar-refractivity contribution in [1.82, 2.24) is 4.90 Å². The van der Waals surface area contributed by atoms with Crippen LogP contribution in [0.3, 0.4) is 0 Å². The van der Waals surface area contributed by atoms with E-state index in [4.69, 9.17) is 19.9 Å². The van der Waals surface area contributed by atoms with Crippen molar-refractivity contribution in [2.75, 3.05) is 27.9 Å². The van der Waals surface area contributed by atoms with Gasteiger partial charge < -0.3 is 24.8 Å². The van der Waals surface area contributed by atoms with E-state index in [-0.39, 0.29) is 18.3 Å². The minimum Gasteiger partial charge on any atom is -0.493 e. The van der Waals surface area contributed by atoms with Crippen molar-refractivity contribution in [3.05, 3.63) is 23.3 Å². The topological polar surface area (TPSA) is 91.1 Å². The molecule has 1 aliphatic heterocycles. The molecule has 0 spiro atoms. The van der Waals surface area contributed by atoms with Gasteiger partial charge in [-0.15, -0.1) is 0 Å². The van der Waals surface area contributed by atoms with Crippen LogP contribution in [0.1, 0.15) is 30.5 Å². The van der Waals surface area contributed by atoms with Crippen molar-refractivity contribution < 1.29 is 23.8 Å². The van der Waals surface area contributed by atoms with Gasteiger partial charge in [0, 0.05) is 6.54 Å². The molecule has 132 valence electrons. The number of fused-ring (bicyclic) bond motifs is 1. The number of hydrogen-bond acceptors (Lipinski definition) is 6. The third kappa shape index (κ3) is 3.46. The summed E-state index contributed by atoms with van der Waals surface area (Å²) < 4.78 is 15.5. The first kappa shape index (κ1) is 18.1. The first-order chi connectivity index (χ1) is 11.4. The van der Waals surface area contributed by atoms with Gasteiger partial charge in [0.1, 0.15) is 0 Å². The van der Waals surface area contributed by atoms with Crippen LogP contribution < -0.4 is 15.2 Å². The van der Waals surface area contributed by atoms with Gasteiger partial charge in [-0.05, 0) is 36.6 Å². The summed E-state index contributed by atoms with van der Waals surface area (Å²) in [5, 5.41) is 0. The third-order valence-electron chi connectivity index (χ3n) is 4.26. The van der Waals surface area contributed by atoms with E-state index >= 15 is 0 Å². The number of ether oxygens (including phenoxy) is 3. The summed E-state index contributed by atoms with van der Waals surface area (Å²) in [5.41, 5.74) is 7.64. The van der Waals surface area contributed by atoms with Gasteiger partial charge >= 0.3 is 5.97 Å². The van der Waals surface area contributed by atoms with E-state index in [1.54, 1.807) is 26.0 Å². The zero-order chi connectivity index (χ0) is 17.9. The van der Waals surface area contributed by atoms with Gasteiger partial charge in [0.25, 0.3) is 0 Å². The van der Waals surface area contributed by atoms with E-state index in [0.717, 1.165) is 11.1 Å². The monoisotopic (exact) mass is 336 g/mol. The van der Waals surface area contributed by atoms with Gasteiger partial charge in [-0.3, -0.25) is 9.59 Å². The van der Waals surface area contributed by atoms with Gasteiger partial charge in [0.15, 0.2) is 11.5 Å². The maximum atomic E-state index is 12.5. The molecule has 1 heterocycles. The highest BCUT2D eigenvalue weighted by molar-refractivity contribution is 5.83. The van der Waals surface area contributed by atoms with Crippen molar-refractivity contribution >= 4 is 11.9 Å². The lowest BCUT2D eigenvalue weighted by Crippen LogP contribution is -2.47.